The van der Waals surface area contributed by atoms with Crippen molar-refractivity contribution in [1.29, 1.82) is 0 Å². The Balaban J connectivity index is 0.00000145. The second kappa shape index (κ2) is 11.8. The van der Waals surface area contributed by atoms with Crippen molar-refractivity contribution in [3.8, 4) is 5.75 Å². The summed E-state index contributed by atoms with van der Waals surface area (Å²) in [6.07, 6.45) is 1.92. The lowest BCUT2D eigenvalue weighted by Crippen LogP contribution is -2.31. The smallest absolute Gasteiger partial charge is 0.330 e. The van der Waals surface area contributed by atoms with Crippen LogP contribution >= 0.6 is 8.60 Å². The molecule has 0 amide bonds. The van der Waals surface area contributed by atoms with E-state index in [2.05, 4.69) is 4.98 Å². The Kier molecular flexibility index (Phi) is 9.50. The van der Waals surface area contributed by atoms with Gasteiger partial charge in [0.1, 0.15) is 12.0 Å². The van der Waals surface area contributed by atoms with E-state index in [-0.39, 0.29) is 19.3 Å². The molecule has 29 heavy (non-hydrogen) atoms. The summed E-state index contributed by atoms with van der Waals surface area (Å²) in [6, 6.07) is 8.63. The van der Waals surface area contributed by atoms with Gasteiger partial charge in [0.05, 0.1) is 26.4 Å². The number of benzene rings is 1. The molecule has 0 radical (unpaired) electrons. The van der Waals surface area contributed by atoms with Crippen molar-refractivity contribution < 1.29 is 23.4 Å². The van der Waals surface area contributed by atoms with Crippen LogP contribution in [0.3, 0.4) is 0 Å². The van der Waals surface area contributed by atoms with Crippen molar-refractivity contribution in [2.75, 3.05) is 13.7 Å². The molecule has 1 aromatic heterocycles. The van der Waals surface area contributed by atoms with Gasteiger partial charge in [-0.05, 0) is 18.9 Å². The normalized spacial score (nSPS) is 19.3. The van der Waals surface area contributed by atoms with Gasteiger partial charge < -0.3 is 23.4 Å². The summed E-state index contributed by atoms with van der Waals surface area (Å²) in [5.41, 5.74) is -0.161. The summed E-state index contributed by atoms with van der Waals surface area (Å²) in [5, 5.41) is 0. The molecule has 1 fully saturated rings. The van der Waals surface area contributed by atoms with Crippen molar-refractivity contribution in [1.82, 2.24) is 9.55 Å². The van der Waals surface area contributed by atoms with E-state index in [0.29, 0.717) is 18.6 Å². The zero-order valence-corrected chi connectivity index (χ0v) is 17.6. The van der Waals surface area contributed by atoms with Crippen LogP contribution in [0.1, 0.15) is 38.5 Å². The first-order valence-electron chi connectivity index (χ1n) is 9.40. The molecule has 1 aliphatic heterocycles. The van der Waals surface area contributed by atoms with E-state index in [0.717, 1.165) is 5.56 Å². The summed E-state index contributed by atoms with van der Waals surface area (Å²) < 4.78 is 23.0. The lowest BCUT2D eigenvalue weighted by atomic mass is 10.2. The quantitative estimate of drug-likeness (QED) is 0.624. The lowest BCUT2D eigenvalue weighted by Gasteiger charge is -2.17. The number of aromatic nitrogens is 2. The van der Waals surface area contributed by atoms with E-state index < -0.39 is 26.1 Å². The minimum Gasteiger partial charge on any atom is -0.496 e. The van der Waals surface area contributed by atoms with Gasteiger partial charge in [0, 0.05) is 17.8 Å². The van der Waals surface area contributed by atoms with Crippen LogP contribution in [0.4, 0.5) is 0 Å². The molecule has 2 heterocycles. The average Bonchev–Trinajstić information content (AvgIpc) is 3.21. The fourth-order valence-corrected chi connectivity index (χ4v) is 3.42. The fourth-order valence-electron chi connectivity index (χ4n) is 2.80. The van der Waals surface area contributed by atoms with Crippen molar-refractivity contribution in [2.24, 2.45) is 0 Å². The molecule has 2 aromatic rings. The van der Waals surface area contributed by atoms with Gasteiger partial charge in [-0.3, -0.25) is 14.3 Å². The third-order valence-corrected chi connectivity index (χ3v) is 4.86. The molecule has 3 atom stereocenters. The second-order valence-corrected chi connectivity index (χ2v) is 6.92. The molecular formula is C19H27N2O7P. The maximum absolute atomic E-state index is 11.8. The minimum atomic E-state index is -2.07. The van der Waals surface area contributed by atoms with Gasteiger partial charge in [0.25, 0.3) is 5.56 Å². The van der Waals surface area contributed by atoms with Crippen LogP contribution in [0.15, 0.2) is 46.1 Å². The third kappa shape index (κ3) is 6.76. The Hall–Kier alpha value is -2.03. The van der Waals surface area contributed by atoms with Gasteiger partial charge in [-0.25, -0.2) is 4.79 Å². The molecule has 0 spiro atoms. The van der Waals surface area contributed by atoms with Crippen molar-refractivity contribution in [3.05, 3.63) is 62.9 Å². The number of para-hydroxylation sites is 1. The zero-order valence-electron chi connectivity index (χ0n) is 16.7. The van der Waals surface area contributed by atoms with Gasteiger partial charge in [-0.2, -0.15) is 0 Å². The number of methoxy groups -OCH3 is 1. The maximum Gasteiger partial charge on any atom is 0.330 e. The maximum atomic E-state index is 11.8. The molecule has 9 nitrogen and oxygen atoms in total. The van der Waals surface area contributed by atoms with Gasteiger partial charge in [-0.15, -0.1) is 0 Å². The lowest BCUT2D eigenvalue weighted by molar-refractivity contribution is -0.0228. The highest BCUT2D eigenvalue weighted by Gasteiger charge is 2.28. The van der Waals surface area contributed by atoms with Gasteiger partial charge in [-0.1, -0.05) is 32.0 Å². The topological polar surface area (TPSA) is 112 Å². The number of nitrogens with zero attached hydrogens (tertiary/aromatic N) is 1. The van der Waals surface area contributed by atoms with Crippen LogP contribution < -0.4 is 16.0 Å². The van der Waals surface area contributed by atoms with Gasteiger partial charge in [0.15, 0.2) is 0 Å². The molecule has 0 aliphatic carbocycles. The monoisotopic (exact) mass is 426 g/mol. The van der Waals surface area contributed by atoms with E-state index in [1.165, 1.54) is 16.8 Å². The minimum absolute atomic E-state index is 0.142. The number of ether oxygens (including phenoxy) is 2. The molecule has 3 rings (SSSR count). The molecule has 1 aromatic carbocycles. The second-order valence-electron chi connectivity index (χ2n) is 5.93. The standard InChI is InChI=1S/C17H21N2O7P.C2H6/c1-23-14-5-3-2-4-12(14)10-24-27(22)25-11-13-6-7-16(26-13)19-9-8-15(20)18-17(19)21;1-2/h2-5,8-9,13,16,22H,6-7,10-11H2,1H3,(H,18,20,21);1-2H3. The van der Waals surface area contributed by atoms with E-state index >= 15 is 0 Å². The summed E-state index contributed by atoms with van der Waals surface area (Å²) in [4.78, 5) is 35.0. The molecule has 160 valence electrons. The highest BCUT2D eigenvalue weighted by atomic mass is 31.2. The van der Waals surface area contributed by atoms with Gasteiger partial charge >= 0.3 is 14.3 Å². The van der Waals surface area contributed by atoms with Crippen molar-refractivity contribution in [2.45, 2.75) is 45.6 Å². The zero-order chi connectivity index (χ0) is 21.2. The van der Waals surface area contributed by atoms with Crippen LogP contribution in [0.5, 0.6) is 5.75 Å². The Morgan fingerprint density at radius 2 is 1.97 bits per heavy atom. The number of H-pyrrole nitrogens is 1. The van der Waals surface area contributed by atoms with Crippen molar-refractivity contribution in [3.63, 3.8) is 0 Å². The number of aromatic amines is 1. The molecule has 10 heteroatoms. The first-order valence-corrected chi connectivity index (χ1v) is 10.5. The Bertz CT molecular complexity index is 870. The highest BCUT2D eigenvalue weighted by Crippen LogP contribution is 2.37. The predicted molar refractivity (Wildman–Crippen MR) is 109 cm³/mol. The Labute approximate surface area is 170 Å². The van der Waals surface area contributed by atoms with Crippen LogP contribution in [-0.4, -0.2) is 34.3 Å². The molecule has 0 saturated carbocycles. The van der Waals surface area contributed by atoms with Crippen LogP contribution in [0.2, 0.25) is 0 Å². The summed E-state index contributed by atoms with van der Waals surface area (Å²) in [5.74, 6) is 0.675. The summed E-state index contributed by atoms with van der Waals surface area (Å²) >= 11 is 0. The van der Waals surface area contributed by atoms with Crippen LogP contribution in [0.25, 0.3) is 0 Å². The predicted octanol–water partition coefficient (Wildman–Crippen LogP) is 2.70. The largest absolute Gasteiger partial charge is 0.496 e. The highest BCUT2D eigenvalue weighted by molar-refractivity contribution is 7.40. The fraction of sp³-hybridized carbons (Fsp3) is 0.474. The Morgan fingerprint density at radius 3 is 2.69 bits per heavy atom. The van der Waals surface area contributed by atoms with E-state index in [1.54, 1.807) is 7.11 Å². The number of hydrogen-bond donors (Lipinski definition) is 2. The average molecular weight is 426 g/mol. The first kappa shape index (κ1) is 23.3. The molecule has 1 aliphatic rings. The number of nitrogens with one attached hydrogen (secondary N) is 1. The van der Waals surface area contributed by atoms with Gasteiger partial charge in [0.2, 0.25) is 0 Å². The summed E-state index contributed by atoms with van der Waals surface area (Å²) in [6.45, 7) is 4.30. The molecular weight excluding hydrogens is 399 g/mol. The molecule has 0 bridgehead atoms. The summed E-state index contributed by atoms with van der Waals surface area (Å²) in [7, 11) is -0.500. The van der Waals surface area contributed by atoms with Crippen LogP contribution in [-0.2, 0) is 20.4 Å². The first-order chi connectivity index (χ1) is 14.1. The molecule has 3 unspecified atom stereocenters. The van der Waals surface area contributed by atoms with Crippen LogP contribution in [0, 0.1) is 0 Å². The third-order valence-electron chi connectivity index (χ3n) is 4.14. The van der Waals surface area contributed by atoms with Crippen molar-refractivity contribution >= 4 is 8.60 Å². The Morgan fingerprint density at radius 1 is 1.21 bits per heavy atom. The molecule has 2 N–H and O–H groups in total. The van der Waals surface area contributed by atoms with E-state index in [9.17, 15) is 14.5 Å². The number of rotatable bonds is 8. The van der Waals surface area contributed by atoms with E-state index in [1.807, 2.05) is 38.1 Å². The van der Waals surface area contributed by atoms with E-state index in [4.69, 9.17) is 18.5 Å². The number of hydrogen-bond acceptors (Lipinski definition) is 7. The molecule has 1 saturated heterocycles. The SMILES string of the molecule is CC.COc1ccccc1COP(O)OCC1CCC(n2ccc(=O)[nH]c2=O)O1.